The normalized spacial score (nSPS) is 24.7. The van der Waals surface area contributed by atoms with Crippen molar-refractivity contribution in [2.75, 3.05) is 12.1 Å². The topological polar surface area (TPSA) is 62.8 Å². The number of hydrazine groups is 1. The molecule has 0 unspecified atom stereocenters. The number of urea groups is 1. The van der Waals surface area contributed by atoms with Crippen molar-refractivity contribution in [3.05, 3.63) is 18.2 Å². The molecule has 6 nitrogen and oxygen atoms in total. The number of anilines is 1. The zero-order valence-corrected chi connectivity index (χ0v) is 12.4. The molecule has 1 saturated heterocycles. The molecule has 21 heavy (non-hydrogen) atoms. The van der Waals surface area contributed by atoms with Gasteiger partial charge in [-0.25, -0.2) is 9.80 Å². The van der Waals surface area contributed by atoms with Gasteiger partial charge in [-0.2, -0.15) is 0 Å². The SMILES string of the molecule is C[C@@H]1CCC[C@H](C)N1NC(=O)Nc1ccc2c(c1)OCO2. The molecule has 2 aliphatic heterocycles. The molecule has 2 N–H and O–H groups in total. The van der Waals surface area contributed by atoms with Gasteiger partial charge in [0.05, 0.1) is 0 Å². The van der Waals surface area contributed by atoms with Crippen molar-refractivity contribution in [2.45, 2.75) is 45.2 Å². The fourth-order valence-corrected chi connectivity index (χ4v) is 2.89. The van der Waals surface area contributed by atoms with Crippen LogP contribution in [0.5, 0.6) is 11.5 Å². The maximum atomic E-state index is 12.1. The molecule has 2 heterocycles. The molecule has 1 aromatic carbocycles. The first-order valence-corrected chi connectivity index (χ1v) is 7.39. The Kier molecular flexibility index (Phi) is 3.88. The van der Waals surface area contributed by atoms with Crippen molar-refractivity contribution < 1.29 is 14.3 Å². The van der Waals surface area contributed by atoms with Gasteiger partial charge in [0.25, 0.3) is 0 Å². The zero-order chi connectivity index (χ0) is 14.8. The van der Waals surface area contributed by atoms with E-state index in [9.17, 15) is 4.79 Å². The van der Waals surface area contributed by atoms with Crippen LogP contribution in [0.4, 0.5) is 10.5 Å². The van der Waals surface area contributed by atoms with Gasteiger partial charge in [0.1, 0.15) is 0 Å². The summed E-state index contributed by atoms with van der Waals surface area (Å²) in [6.45, 7) is 4.50. The van der Waals surface area contributed by atoms with E-state index in [1.165, 1.54) is 6.42 Å². The Morgan fingerprint density at radius 3 is 2.67 bits per heavy atom. The van der Waals surface area contributed by atoms with E-state index < -0.39 is 0 Å². The number of amides is 2. The number of hydrogen-bond acceptors (Lipinski definition) is 4. The lowest BCUT2D eigenvalue weighted by Gasteiger charge is -2.38. The highest BCUT2D eigenvalue weighted by molar-refractivity contribution is 5.89. The molecule has 1 fully saturated rings. The minimum Gasteiger partial charge on any atom is -0.454 e. The van der Waals surface area contributed by atoms with Gasteiger partial charge in [0.2, 0.25) is 6.79 Å². The predicted molar refractivity (Wildman–Crippen MR) is 79.3 cm³/mol. The van der Waals surface area contributed by atoms with Crippen LogP contribution in [0.2, 0.25) is 0 Å². The van der Waals surface area contributed by atoms with Gasteiger partial charge in [-0.1, -0.05) is 6.42 Å². The minimum atomic E-state index is -0.227. The lowest BCUT2D eigenvalue weighted by molar-refractivity contribution is 0.0625. The molecule has 6 heteroatoms. The molecule has 0 radical (unpaired) electrons. The maximum Gasteiger partial charge on any atom is 0.333 e. The third kappa shape index (κ3) is 3.05. The predicted octanol–water partition coefficient (Wildman–Crippen LogP) is 2.71. The summed E-state index contributed by atoms with van der Waals surface area (Å²) in [5.74, 6) is 1.37. The molecular weight excluding hydrogens is 270 g/mol. The average Bonchev–Trinajstić information content (AvgIpc) is 2.90. The van der Waals surface area contributed by atoms with Crippen LogP contribution in [0, 0.1) is 0 Å². The number of carbonyl (C=O) groups is 1. The second kappa shape index (κ2) is 5.81. The molecule has 2 amide bonds. The van der Waals surface area contributed by atoms with Crippen LogP contribution in [0.25, 0.3) is 0 Å². The number of piperidine rings is 1. The summed E-state index contributed by atoms with van der Waals surface area (Å²) in [6, 6.07) is 5.85. The first kappa shape index (κ1) is 14.0. The molecule has 114 valence electrons. The summed E-state index contributed by atoms with van der Waals surface area (Å²) in [6.07, 6.45) is 3.42. The van der Waals surface area contributed by atoms with Gasteiger partial charge in [0, 0.05) is 23.8 Å². The molecule has 0 bridgehead atoms. The molecule has 0 spiro atoms. The molecule has 2 atom stereocenters. The highest BCUT2D eigenvalue weighted by Crippen LogP contribution is 2.34. The number of carbonyl (C=O) groups excluding carboxylic acids is 1. The van der Waals surface area contributed by atoms with Crippen LogP contribution < -0.4 is 20.2 Å². The van der Waals surface area contributed by atoms with Crippen LogP contribution in [0.15, 0.2) is 18.2 Å². The number of ether oxygens (including phenoxy) is 2. The Morgan fingerprint density at radius 1 is 1.19 bits per heavy atom. The monoisotopic (exact) mass is 291 g/mol. The summed E-state index contributed by atoms with van der Waals surface area (Å²) < 4.78 is 10.5. The van der Waals surface area contributed by atoms with E-state index in [4.69, 9.17) is 9.47 Å². The Morgan fingerprint density at radius 2 is 1.90 bits per heavy atom. The van der Waals surface area contributed by atoms with Crippen molar-refractivity contribution in [3.63, 3.8) is 0 Å². The van der Waals surface area contributed by atoms with Gasteiger partial charge in [-0.3, -0.25) is 5.43 Å². The zero-order valence-electron chi connectivity index (χ0n) is 12.4. The van der Waals surface area contributed by atoms with Crippen molar-refractivity contribution in [1.29, 1.82) is 0 Å². The third-order valence-electron chi connectivity index (χ3n) is 4.05. The molecule has 0 aliphatic carbocycles. The Labute approximate surface area is 124 Å². The number of hydrogen-bond donors (Lipinski definition) is 2. The smallest absolute Gasteiger partial charge is 0.333 e. The number of benzene rings is 1. The van der Waals surface area contributed by atoms with E-state index >= 15 is 0 Å². The molecule has 2 aliphatic rings. The summed E-state index contributed by atoms with van der Waals surface area (Å²) in [7, 11) is 0. The molecule has 1 aromatic rings. The lowest BCUT2D eigenvalue weighted by Crippen LogP contribution is -2.55. The largest absolute Gasteiger partial charge is 0.454 e. The van der Waals surface area contributed by atoms with Crippen LogP contribution in [-0.4, -0.2) is 29.9 Å². The van der Waals surface area contributed by atoms with Crippen molar-refractivity contribution >= 4 is 11.7 Å². The molecule has 3 rings (SSSR count). The van der Waals surface area contributed by atoms with Gasteiger partial charge in [-0.05, 0) is 38.8 Å². The number of nitrogens with one attached hydrogen (secondary N) is 2. The highest BCUT2D eigenvalue weighted by Gasteiger charge is 2.26. The van der Waals surface area contributed by atoms with Crippen LogP contribution in [-0.2, 0) is 0 Å². The van der Waals surface area contributed by atoms with Crippen LogP contribution in [0.3, 0.4) is 0 Å². The van der Waals surface area contributed by atoms with E-state index in [1.807, 2.05) is 5.01 Å². The quantitative estimate of drug-likeness (QED) is 0.879. The minimum absolute atomic E-state index is 0.227. The molecule has 0 saturated carbocycles. The molecular formula is C15H21N3O3. The van der Waals surface area contributed by atoms with Crippen molar-refractivity contribution in [3.8, 4) is 11.5 Å². The van der Waals surface area contributed by atoms with Crippen molar-refractivity contribution in [1.82, 2.24) is 10.4 Å². The van der Waals surface area contributed by atoms with Crippen LogP contribution in [0.1, 0.15) is 33.1 Å². The number of nitrogens with zero attached hydrogens (tertiary/aromatic N) is 1. The fraction of sp³-hybridized carbons (Fsp3) is 0.533. The second-order valence-electron chi connectivity index (χ2n) is 5.67. The third-order valence-corrected chi connectivity index (χ3v) is 4.05. The van der Waals surface area contributed by atoms with E-state index in [0.29, 0.717) is 29.3 Å². The van der Waals surface area contributed by atoms with Gasteiger partial charge < -0.3 is 14.8 Å². The van der Waals surface area contributed by atoms with Crippen LogP contribution >= 0.6 is 0 Å². The van der Waals surface area contributed by atoms with E-state index in [1.54, 1.807) is 18.2 Å². The number of fused-ring (bicyclic) bond motifs is 1. The summed E-state index contributed by atoms with van der Waals surface area (Å²) >= 11 is 0. The van der Waals surface area contributed by atoms with Gasteiger partial charge in [0.15, 0.2) is 11.5 Å². The standard InChI is InChI=1S/C15H21N3O3/c1-10-4-3-5-11(2)18(10)17-15(19)16-12-6-7-13-14(8-12)21-9-20-13/h6-8,10-11H,3-5,9H2,1-2H3,(H2,16,17,19)/t10-,11+. The van der Waals surface area contributed by atoms with E-state index in [2.05, 4.69) is 24.6 Å². The first-order chi connectivity index (χ1) is 10.1. The van der Waals surface area contributed by atoms with Crippen molar-refractivity contribution in [2.24, 2.45) is 0 Å². The second-order valence-corrected chi connectivity index (χ2v) is 5.67. The lowest BCUT2D eigenvalue weighted by atomic mass is 10.00. The van der Waals surface area contributed by atoms with E-state index in [-0.39, 0.29) is 12.8 Å². The Hall–Kier alpha value is -1.95. The summed E-state index contributed by atoms with van der Waals surface area (Å²) in [5.41, 5.74) is 3.63. The fourth-order valence-electron chi connectivity index (χ4n) is 2.89. The average molecular weight is 291 g/mol. The Bertz CT molecular complexity index is 525. The summed E-state index contributed by atoms with van der Waals surface area (Å²) in [5, 5.41) is 4.87. The van der Waals surface area contributed by atoms with E-state index in [0.717, 1.165) is 12.8 Å². The maximum absolute atomic E-state index is 12.1. The first-order valence-electron chi connectivity index (χ1n) is 7.39. The van der Waals surface area contributed by atoms with Gasteiger partial charge in [-0.15, -0.1) is 0 Å². The highest BCUT2D eigenvalue weighted by atomic mass is 16.7. The Balaban J connectivity index is 1.61. The number of rotatable bonds is 2. The van der Waals surface area contributed by atoms with Gasteiger partial charge >= 0.3 is 6.03 Å². The summed E-state index contributed by atoms with van der Waals surface area (Å²) in [4.78, 5) is 12.1. The molecule has 0 aromatic heterocycles.